The Morgan fingerprint density at radius 3 is 2.41 bits per heavy atom. The number of fused-ring (bicyclic) bond motifs is 1. The van der Waals surface area contributed by atoms with E-state index in [0.29, 0.717) is 0 Å². The lowest BCUT2D eigenvalue weighted by Crippen LogP contribution is -1.89. The van der Waals surface area contributed by atoms with E-state index >= 15 is 0 Å². The molecular weight excluding hydrogens is 370 g/mol. The number of pyridine rings is 1. The molecule has 0 spiro atoms. The average Bonchev–Trinajstić information content (AvgIpc) is 3.38. The molecule has 0 bridgehead atoms. The van der Waals surface area contributed by atoms with E-state index in [1.807, 2.05) is 24.4 Å². The van der Waals surface area contributed by atoms with E-state index in [0.717, 1.165) is 32.0 Å². The number of thiophene rings is 1. The van der Waals surface area contributed by atoms with Gasteiger partial charge >= 0.3 is 0 Å². The minimum Gasteiger partial charge on any atom is -0.332 e. The summed E-state index contributed by atoms with van der Waals surface area (Å²) in [4.78, 5) is 11.5. The van der Waals surface area contributed by atoms with Crippen LogP contribution < -0.4 is 5.32 Å². The van der Waals surface area contributed by atoms with Crippen LogP contribution in [0.4, 0.5) is 10.8 Å². The predicted octanol–water partition coefficient (Wildman–Crippen LogP) is 6.83. The summed E-state index contributed by atoms with van der Waals surface area (Å²) in [5, 5.41) is 8.87. The van der Waals surface area contributed by atoms with E-state index in [-0.39, 0.29) is 0 Å². The Kier molecular flexibility index (Phi) is 4.16. The maximum Gasteiger partial charge on any atom is 0.187 e. The van der Waals surface area contributed by atoms with Crippen molar-refractivity contribution in [1.82, 2.24) is 9.97 Å². The summed E-state index contributed by atoms with van der Waals surface area (Å²) in [5.74, 6) is 0. The topological polar surface area (TPSA) is 37.8 Å². The third kappa shape index (κ3) is 3.35. The van der Waals surface area contributed by atoms with Crippen molar-refractivity contribution in [2.45, 2.75) is 0 Å². The van der Waals surface area contributed by atoms with Crippen LogP contribution in [0.25, 0.3) is 31.9 Å². The molecule has 5 aromatic rings. The van der Waals surface area contributed by atoms with Gasteiger partial charge in [0.1, 0.15) is 0 Å². The monoisotopic (exact) mass is 385 g/mol. The molecule has 5 rings (SSSR count). The molecule has 0 aliphatic heterocycles. The first-order chi connectivity index (χ1) is 13.3. The van der Waals surface area contributed by atoms with Crippen LogP contribution in [-0.4, -0.2) is 9.97 Å². The van der Waals surface area contributed by atoms with Crippen molar-refractivity contribution in [2.75, 3.05) is 5.32 Å². The van der Waals surface area contributed by atoms with Gasteiger partial charge in [-0.05, 0) is 47.2 Å². The fraction of sp³-hybridized carbons (Fsp3) is 0. The van der Waals surface area contributed by atoms with E-state index in [1.54, 1.807) is 22.7 Å². The molecule has 27 heavy (non-hydrogen) atoms. The van der Waals surface area contributed by atoms with Gasteiger partial charge in [-0.2, -0.15) is 0 Å². The predicted molar refractivity (Wildman–Crippen MR) is 116 cm³/mol. The smallest absolute Gasteiger partial charge is 0.187 e. The van der Waals surface area contributed by atoms with Crippen molar-refractivity contribution in [3.8, 4) is 21.1 Å². The Morgan fingerprint density at radius 1 is 0.741 bits per heavy atom. The van der Waals surface area contributed by atoms with Gasteiger partial charge in [0, 0.05) is 17.3 Å². The van der Waals surface area contributed by atoms with Gasteiger partial charge in [0.05, 0.1) is 21.1 Å². The van der Waals surface area contributed by atoms with Gasteiger partial charge in [0.2, 0.25) is 0 Å². The molecule has 130 valence electrons. The Bertz CT molecular complexity index is 1210. The second-order valence-corrected chi connectivity index (χ2v) is 8.05. The SMILES string of the molecule is c1ccc(-c2ccc(-c3csc(Nc4ccc5ccccc5c4)n3)s2)nc1. The van der Waals surface area contributed by atoms with Gasteiger partial charge < -0.3 is 5.32 Å². The molecule has 3 aromatic heterocycles. The molecule has 2 aromatic carbocycles. The fourth-order valence-corrected chi connectivity index (χ4v) is 4.71. The maximum absolute atomic E-state index is 4.76. The zero-order chi connectivity index (χ0) is 18.1. The summed E-state index contributed by atoms with van der Waals surface area (Å²) in [6.07, 6.45) is 1.82. The van der Waals surface area contributed by atoms with Crippen molar-refractivity contribution in [3.05, 3.63) is 84.4 Å². The highest BCUT2D eigenvalue weighted by Gasteiger charge is 2.09. The number of hydrogen-bond donors (Lipinski definition) is 1. The highest BCUT2D eigenvalue weighted by molar-refractivity contribution is 7.19. The molecule has 1 N–H and O–H groups in total. The number of benzene rings is 2. The number of aromatic nitrogens is 2. The summed E-state index contributed by atoms with van der Waals surface area (Å²) in [7, 11) is 0. The Hall–Kier alpha value is -3.02. The van der Waals surface area contributed by atoms with Gasteiger partial charge in [0.25, 0.3) is 0 Å². The highest BCUT2D eigenvalue weighted by atomic mass is 32.1. The zero-order valence-electron chi connectivity index (χ0n) is 14.3. The fourth-order valence-electron chi connectivity index (χ4n) is 2.96. The van der Waals surface area contributed by atoms with Crippen molar-refractivity contribution < 1.29 is 0 Å². The molecule has 0 saturated carbocycles. The van der Waals surface area contributed by atoms with Crippen molar-refractivity contribution in [3.63, 3.8) is 0 Å². The summed E-state index contributed by atoms with van der Waals surface area (Å²) >= 11 is 3.33. The molecule has 0 atom stereocenters. The van der Waals surface area contributed by atoms with Crippen molar-refractivity contribution in [2.24, 2.45) is 0 Å². The summed E-state index contributed by atoms with van der Waals surface area (Å²) in [6.45, 7) is 0. The van der Waals surface area contributed by atoms with Gasteiger partial charge in [-0.15, -0.1) is 22.7 Å². The zero-order valence-corrected chi connectivity index (χ0v) is 15.9. The van der Waals surface area contributed by atoms with Crippen LogP contribution in [0, 0.1) is 0 Å². The number of hydrogen-bond acceptors (Lipinski definition) is 5. The van der Waals surface area contributed by atoms with Crippen LogP contribution >= 0.6 is 22.7 Å². The van der Waals surface area contributed by atoms with E-state index < -0.39 is 0 Å². The normalized spacial score (nSPS) is 11.0. The van der Waals surface area contributed by atoms with Gasteiger partial charge in [-0.25, -0.2) is 4.98 Å². The standard InChI is InChI=1S/C22H15N3S2/c1-2-6-16-13-17(9-8-15(16)5-1)24-22-25-19(14-26-22)21-11-10-20(27-21)18-7-3-4-12-23-18/h1-14H,(H,24,25). The Morgan fingerprint density at radius 2 is 1.56 bits per heavy atom. The molecule has 3 nitrogen and oxygen atoms in total. The molecule has 0 unspecified atom stereocenters. The van der Waals surface area contributed by atoms with Crippen LogP contribution in [-0.2, 0) is 0 Å². The first kappa shape index (κ1) is 16.2. The number of nitrogens with zero attached hydrogens (tertiary/aromatic N) is 2. The lowest BCUT2D eigenvalue weighted by Gasteiger charge is -2.04. The molecule has 0 amide bonds. The molecular formula is C22H15N3S2. The van der Waals surface area contributed by atoms with Crippen molar-refractivity contribution in [1.29, 1.82) is 0 Å². The molecule has 0 fully saturated rings. The third-order valence-corrected chi connectivity index (χ3v) is 6.17. The first-order valence-electron chi connectivity index (χ1n) is 8.58. The quantitative estimate of drug-likeness (QED) is 0.368. The molecule has 0 aliphatic carbocycles. The molecule has 0 aliphatic rings. The Labute approximate surface area is 165 Å². The minimum atomic E-state index is 0.896. The lowest BCUT2D eigenvalue weighted by atomic mass is 10.1. The molecule has 0 radical (unpaired) electrons. The number of anilines is 2. The molecule has 0 saturated heterocycles. The first-order valence-corrected chi connectivity index (χ1v) is 10.3. The van der Waals surface area contributed by atoms with Crippen LogP contribution in [0.3, 0.4) is 0 Å². The number of rotatable bonds is 4. The number of thiazole rings is 1. The average molecular weight is 386 g/mol. The van der Waals surface area contributed by atoms with Gasteiger partial charge in [-0.1, -0.05) is 36.4 Å². The minimum absolute atomic E-state index is 0.896. The van der Waals surface area contributed by atoms with Crippen LogP contribution in [0.2, 0.25) is 0 Å². The van der Waals surface area contributed by atoms with Crippen LogP contribution in [0.5, 0.6) is 0 Å². The van der Waals surface area contributed by atoms with Gasteiger partial charge in [-0.3, -0.25) is 4.98 Å². The van der Waals surface area contributed by atoms with Crippen LogP contribution in [0.15, 0.2) is 84.4 Å². The van der Waals surface area contributed by atoms with E-state index in [9.17, 15) is 0 Å². The second kappa shape index (κ2) is 6.95. The second-order valence-electron chi connectivity index (χ2n) is 6.10. The molecule has 3 heterocycles. The van der Waals surface area contributed by atoms with Gasteiger partial charge in [0.15, 0.2) is 5.13 Å². The molecule has 5 heteroatoms. The summed E-state index contributed by atoms with van der Waals surface area (Å²) in [6, 6.07) is 24.9. The van der Waals surface area contributed by atoms with E-state index in [1.165, 1.54) is 10.8 Å². The third-order valence-electron chi connectivity index (χ3n) is 4.28. The number of nitrogens with one attached hydrogen (secondary N) is 1. The largest absolute Gasteiger partial charge is 0.332 e. The Balaban J connectivity index is 1.39. The van der Waals surface area contributed by atoms with Crippen molar-refractivity contribution >= 4 is 44.3 Å². The summed E-state index contributed by atoms with van der Waals surface area (Å²) in [5.41, 5.74) is 3.05. The van der Waals surface area contributed by atoms with E-state index in [4.69, 9.17) is 4.98 Å². The lowest BCUT2D eigenvalue weighted by molar-refractivity contribution is 1.34. The maximum atomic E-state index is 4.76. The summed E-state index contributed by atoms with van der Waals surface area (Å²) < 4.78 is 0. The van der Waals surface area contributed by atoms with E-state index in [2.05, 4.69) is 70.3 Å². The van der Waals surface area contributed by atoms with Crippen LogP contribution in [0.1, 0.15) is 0 Å². The highest BCUT2D eigenvalue weighted by Crippen LogP contribution is 2.35.